The standard InChI is InChI=1S/C22H23FN4O/c23-19-6-8-20(9-7-19)26-15-12-25(13-16-26)14-17-27-22(28)11-10-21(24-27)18-4-2-1-3-5-18/h1-11H,12-17H2. The van der Waals surface area contributed by atoms with Crippen molar-refractivity contribution < 1.29 is 4.39 Å². The van der Waals surface area contributed by atoms with Gasteiger partial charge in [0, 0.05) is 50.0 Å². The molecule has 0 radical (unpaired) electrons. The lowest BCUT2D eigenvalue weighted by molar-refractivity contribution is 0.243. The van der Waals surface area contributed by atoms with E-state index < -0.39 is 0 Å². The van der Waals surface area contributed by atoms with Gasteiger partial charge in [-0.15, -0.1) is 0 Å². The van der Waals surface area contributed by atoms with E-state index in [4.69, 9.17) is 0 Å². The lowest BCUT2D eigenvalue weighted by Crippen LogP contribution is -2.47. The predicted molar refractivity (Wildman–Crippen MR) is 109 cm³/mol. The van der Waals surface area contributed by atoms with Crippen LogP contribution in [0, 0.1) is 5.82 Å². The van der Waals surface area contributed by atoms with Gasteiger partial charge in [-0.05, 0) is 30.3 Å². The first-order valence-electron chi connectivity index (χ1n) is 9.55. The Morgan fingerprint density at radius 1 is 0.821 bits per heavy atom. The lowest BCUT2D eigenvalue weighted by Gasteiger charge is -2.36. The van der Waals surface area contributed by atoms with Crippen LogP contribution in [0.15, 0.2) is 71.5 Å². The molecule has 5 nitrogen and oxygen atoms in total. The molecule has 2 heterocycles. The molecule has 0 aliphatic carbocycles. The maximum Gasteiger partial charge on any atom is 0.266 e. The molecule has 0 atom stereocenters. The summed E-state index contributed by atoms with van der Waals surface area (Å²) in [4.78, 5) is 16.8. The topological polar surface area (TPSA) is 41.4 Å². The van der Waals surface area contributed by atoms with E-state index in [1.165, 1.54) is 12.1 Å². The molecule has 1 aliphatic rings. The predicted octanol–water partition coefficient (Wildman–Crippen LogP) is 2.87. The van der Waals surface area contributed by atoms with Crippen molar-refractivity contribution in [2.45, 2.75) is 6.54 Å². The molecule has 0 unspecified atom stereocenters. The van der Waals surface area contributed by atoms with E-state index in [-0.39, 0.29) is 11.4 Å². The maximum atomic E-state index is 13.1. The van der Waals surface area contributed by atoms with E-state index in [1.807, 2.05) is 42.5 Å². The number of hydrogen-bond acceptors (Lipinski definition) is 4. The number of nitrogens with zero attached hydrogens (tertiary/aromatic N) is 4. The van der Waals surface area contributed by atoms with Crippen LogP contribution in [-0.2, 0) is 6.54 Å². The van der Waals surface area contributed by atoms with Crippen LogP contribution >= 0.6 is 0 Å². The number of benzene rings is 2. The third kappa shape index (κ3) is 4.28. The van der Waals surface area contributed by atoms with Crippen LogP contribution in [0.25, 0.3) is 11.3 Å². The fraction of sp³-hybridized carbons (Fsp3) is 0.273. The van der Waals surface area contributed by atoms with Gasteiger partial charge in [0.15, 0.2) is 0 Å². The number of rotatable bonds is 5. The molecular weight excluding hydrogens is 355 g/mol. The summed E-state index contributed by atoms with van der Waals surface area (Å²) in [7, 11) is 0. The fourth-order valence-electron chi connectivity index (χ4n) is 3.49. The van der Waals surface area contributed by atoms with Gasteiger partial charge in [-0.25, -0.2) is 9.07 Å². The molecule has 0 N–H and O–H groups in total. The minimum atomic E-state index is -0.210. The summed E-state index contributed by atoms with van der Waals surface area (Å²) in [6, 6.07) is 19.9. The molecule has 1 saturated heterocycles. The first-order valence-corrected chi connectivity index (χ1v) is 9.55. The van der Waals surface area contributed by atoms with Crippen molar-refractivity contribution in [2.75, 3.05) is 37.6 Å². The highest BCUT2D eigenvalue weighted by atomic mass is 19.1. The summed E-state index contributed by atoms with van der Waals surface area (Å²) in [6.07, 6.45) is 0. The normalized spacial score (nSPS) is 15.0. The Morgan fingerprint density at radius 3 is 2.25 bits per heavy atom. The molecule has 28 heavy (non-hydrogen) atoms. The largest absolute Gasteiger partial charge is 0.369 e. The highest BCUT2D eigenvalue weighted by Gasteiger charge is 2.17. The van der Waals surface area contributed by atoms with Crippen molar-refractivity contribution in [1.29, 1.82) is 0 Å². The van der Waals surface area contributed by atoms with Gasteiger partial charge in [0.1, 0.15) is 5.82 Å². The van der Waals surface area contributed by atoms with Crippen molar-refractivity contribution in [3.63, 3.8) is 0 Å². The second-order valence-corrected chi connectivity index (χ2v) is 6.95. The quantitative estimate of drug-likeness (QED) is 0.685. The minimum absolute atomic E-state index is 0.0790. The van der Waals surface area contributed by atoms with E-state index in [2.05, 4.69) is 14.9 Å². The summed E-state index contributed by atoms with van der Waals surface area (Å²) in [5.74, 6) is -0.210. The van der Waals surface area contributed by atoms with Gasteiger partial charge in [0.05, 0.1) is 12.2 Å². The van der Waals surface area contributed by atoms with E-state index in [0.717, 1.165) is 49.7 Å². The Hall–Kier alpha value is -2.99. The number of halogens is 1. The average Bonchev–Trinajstić information content (AvgIpc) is 2.75. The third-order valence-corrected chi connectivity index (χ3v) is 5.13. The molecule has 1 aromatic heterocycles. The lowest BCUT2D eigenvalue weighted by atomic mass is 10.1. The SMILES string of the molecule is O=c1ccc(-c2ccccc2)nn1CCN1CCN(c2ccc(F)cc2)CC1. The van der Waals surface area contributed by atoms with Crippen LogP contribution in [0.5, 0.6) is 0 Å². The number of piperazine rings is 1. The van der Waals surface area contributed by atoms with Gasteiger partial charge in [-0.1, -0.05) is 30.3 Å². The van der Waals surface area contributed by atoms with Crippen molar-refractivity contribution in [3.05, 3.63) is 82.9 Å². The number of hydrogen-bond donors (Lipinski definition) is 0. The Bertz CT molecular complexity index is 964. The molecular formula is C22H23FN4O. The van der Waals surface area contributed by atoms with Crippen LogP contribution in [0.4, 0.5) is 10.1 Å². The number of anilines is 1. The summed E-state index contributed by atoms with van der Waals surface area (Å²) < 4.78 is 14.6. The Morgan fingerprint density at radius 2 is 1.54 bits per heavy atom. The van der Waals surface area contributed by atoms with Crippen LogP contribution < -0.4 is 10.5 Å². The fourth-order valence-corrected chi connectivity index (χ4v) is 3.49. The minimum Gasteiger partial charge on any atom is -0.369 e. The Kier molecular flexibility index (Phi) is 5.48. The van der Waals surface area contributed by atoms with Crippen LogP contribution in [-0.4, -0.2) is 47.4 Å². The zero-order valence-corrected chi connectivity index (χ0v) is 15.7. The Labute approximate surface area is 163 Å². The molecule has 0 bridgehead atoms. The van der Waals surface area contributed by atoms with Gasteiger partial charge in [0.25, 0.3) is 5.56 Å². The summed E-state index contributed by atoms with van der Waals surface area (Å²) in [5, 5.41) is 4.53. The van der Waals surface area contributed by atoms with Crippen molar-refractivity contribution in [2.24, 2.45) is 0 Å². The molecule has 144 valence electrons. The summed E-state index contributed by atoms with van der Waals surface area (Å²) in [6.45, 7) is 4.93. The van der Waals surface area contributed by atoms with E-state index in [1.54, 1.807) is 16.8 Å². The molecule has 1 fully saturated rings. The van der Waals surface area contributed by atoms with E-state index >= 15 is 0 Å². The third-order valence-electron chi connectivity index (χ3n) is 5.13. The van der Waals surface area contributed by atoms with Crippen LogP contribution in [0.2, 0.25) is 0 Å². The smallest absolute Gasteiger partial charge is 0.266 e. The highest BCUT2D eigenvalue weighted by Crippen LogP contribution is 2.17. The van der Waals surface area contributed by atoms with Gasteiger partial charge < -0.3 is 4.90 Å². The Balaban J connectivity index is 1.35. The zero-order chi connectivity index (χ0) is 19.3. The summed E-state index contributed by atoms with van der Waals surface area (Å²) in [5.41, 5.74) is 2.78. The monoisotopic (exact) mass is 378 g/mol. The van der Waals surface area contributed by atoms with Gasteiger partial charge in [0.2, 0.25) is 0 Å². The van der Waals surface area contributed by atoms with Crippen molar-refractivity contribution in [3.8, 4) is 11.3 Å². The first-order chi connectivity index (χ1) is 13.7. The molecule has 2 aromatic carbocycles. The zero-order valence-electron chi connectivity index (χ0n) is 15.7. The second-order valence-electron chi connectivity index (χ2n) is 6.95. The molecule has 0 spiro atoms. The van der Waals surface area contributed by atoms with Crippen molar-refractivity contribution in [1.82, 2.24) is 14.7 Å². The molecule has 6 heteroatoms. The molecule has 0 saturated carbocycles. The summed E-state index contributed by atoms with van der Waals surface area (Å²) >= 11 is 0. The first kappa shape index (κ1) is 18.4. The van der Waals surface area contributed by atoms with Crippen molar-refractivity contribution >= 4 is 5.69 Å². The molecule has 4 rings (SSSR count). The molecule has 1 aliphatic heterocycles. The average molecular weight is 378 g/mol. The molecule has 3 aromatic rings. The van der Waals surface area contributed by atoms with E-state index in [9.17, 15) is 9.18 Å². The van der Waals surface area contributed by atoms with Gasteiger partial charge in [-0.3, -0.25) is 9.69 Å². The number of aromatic nitrogens is 2. The van der Waals surface area contributed by atoms with E-state index in [0.29, 0.717) is 6.54 Å². The van der Waals surface area contributed by atoms with Crippen LogP contribution in [0.1, 0.15) is 0 Å². The van der Waals surface area contributed by atoms with Gasteiger partial charge in [-0.2, -0.15) is 5.10 Å². The molecule has 0 amide bonds. The second kappa shape index (κ2) is 8.35. The van der Waals surface area contributed by atoms with Crippen LogP contribution in [0.3, 0.4) is 0 Å². The maximum absolute atomic E-state index is 13.1. The van der Waals surface area contributed by atoms with Gasteiger partial charge >= 0.3 is 0 Å². The highest BCUT2D eigenvalue weighted by molar-refractivity contribution is 5.57.